The molecule has 9 heteroatoms. The van der Waals surface area contributed by atoms with Crippen molar-refractivity contribution in [1.82, 2.24) is 4.90 Å². The third-order valence-electron chi connectivity index (χ3n) is 4.34. The van der Waals surface area contributed by atoms with E-state index in [0.717, 1.165) is 16.7 Å². The quantitative estimate of drug-likeness (QED) is 0.394. The Morgan fingerprint density at radius 1 is 1.06 bits per heavy atom. The molecule has 2 aromatic carbocycles. The highest BCUT2D eigenvalue weighted by Crippen LogP contribution is 2.34. The van der Waals surface area contributed by atoms with Gasteiger partial charge in [-0.2, -0.15) is 0 Å². The van der Waals surface area contributed by atoms with Crippen LogP contribution in [-0.2, 0) is 14.3 Å². The summed E-state index contributed by atoms with van der Waals surface area (Å²) in [6, 6.07) is 14.2. The van der Waals surface area contributed by atoms with E-state index in [9.17, 15) is 14.4 Å². The van der Waals surface area contributed by atoms with Crippen molar-refractivity contribution in [2.24, 2.45) is 0 Å². The molecule has 168 valence electrons. The van der Waals surface area contributed by atoms with E-state index in [1.807, 2.05) is 18.2 Å². The maximum Gasteiger partial charge on any atom is 0.344 e. The minimum absolute atomic E-state index is 0.146. The molecule has 3 rings (SSSR count). The SMILES string of the molecule is CCOC(=O)COc1cc(/C=C2\SC(=O)N(CCOc3ccccc3)C2=O)ccc1OC. The van der Waals surface area contributed by atoms with Gasteiger partial charge < -0.3 is 18.9 Å². The van der Waals surface area contributed by atoms with Gasteiger partial charge in [-0.15, -0.1) is 0 Å². The Balaban J connectivity index is 1.66. The molecule has 1 fully saturated rings. The first-order valence-electron chi connectivity index (χ1n) is 9.91. The molecule has 0 N–H and O–H groups in total. The second-order valence-corrected chi connectivity index (χ2v) is 7.49. The number of rotatable bonds is 10. The zero-order valence-electron chi connectivity index (χ0n) is 17.7. The number of methoxy groups -OCH3 is 1. The number of thioether (sulfide) groups is 1. The number of esters is 1. The summed E-state index contributed by atoms with van der Waals surface area (Å²) in [4.78, 5) is 38.0. The number of ether oxygens (including phenoxy) is 4. The fraction of sp³-hybridized carbons (Fsp3) is 0.261. The first-order chi connectivity index (χ1) is 15.5. The lowest BCUT2D eigenvalue weighted by atomic mass is 10.2. The summed E-state index contributed by atoms with van der Waals surface area (Å²) in [6.07, 6.45) is 1.60. The van der Waals surface area contributed by atoms with Crippen molar-refractivity contribution in [2.45, 2.75) is 6.92 Å². The molecule has 0 saturated carbocycles. The fourth-order valence-electron chi connectivity index (χ4n) is 2.85. The van der Waals surface area contributed by atoms with Gasteiger partial charge >= 0.3 is 5.97 Å². The van der Waals surface area contributed by atoms with Crippen molar-refractivity contribution in [3.8, 4) is 17.2 Å². The fourth-order valence-corrected chi connectivity index (χ4v) is 3.72. The smallest absolute Gasteiger partial charge is 0.344 e. The highest BCUT2D eigenvalue weighted by Gasteiger charge is 2.34. The highest BCUT2D eigenvalue weighted by molar-refractivity contribution is 8.18. The Hall–Kier alpha value is -3.46. The van der Waals surface area contributed by atoms with Crippen molar-refractivity contribution in [1.29, 1.82) is 0 Å². The van der Waals surface area contributed by atoms with Crippen LogP contribution in [0.4, 0.5) is 4.79 Å². The summed E-state index contributed by atoms with van der Waals surface area (Å²) in [5.74, 6) is 0.534. The summed E-state index contributed by atoms with van der Waals surface area (Å²) in [5, 5.41) is -0.356. The van der Waals surface area contributed by atoms with Gasteiger partial charge in [0.2, 0.25) is 0 Å². The number of carbonyl (C=O) groups is 3. The van der Waals surface area contributed by atoms with Gasteiger partial charge in [0.1, 0.15) is 12.4 Å². The van der Waals surface area contributed by atoms with Crippen molar-refractivity contribution in [3.05, 3.63) is 59.0 Å². The van der Waals surface area contributed by atoms with Gasteiger partial charge in [-0.1, -0.05) is 24.3 Å². The van der Waals surface area contributed by atoms with Gasteiger partial charge in [0, 0.05) is 0 Å². The van der Waals surface area contributed by atoms with E-state index in [2.05, 4.69) is 0 Å². The topological polar surface area (TPSA) is 91.4 Å². The average Bonchev–Trinajstić information content (AvgIpc) is 3.06. The van der Waals surface area contributed by atoms with Crippen LogP contribution in [0.2, 0.25) is 0 Å². The van der Waals surface area contributed by atoms with E-state index in [-0.39, 0.29) is 42.4 Å². The maximum atomic E-state index is 12.7. The molecule has 0 aromatic heterocycles. The predicted molar refractivity (Wildman–Crippen MR) is 120 cm³/mol. The summed E-state index contributed by atoms with van der Waals surface area (Å²) in [5.41, 5.74) is 0.621. The second-order valence-electron chi connectivity index (χ2n) is 6.50. The zero-order chi connectivity index (χ0) is 22.9. The van der Waals surface area contributed by atoms with Crippen LogP contribution in [0.1, 0.15) is 12.5 Å². The van der Waals surface area contributed by atoms with E-state index in [4.69, 9.17) is 18.9 Å². The highest BCUT2D eigenvalue weighted by atomic mass is 32.2. The molecule has 1 heterocycles. The number of benzene rings is 2. The maximum absolute atomic E-state index is 12.7. The van der Waals surface area contributed by atoms with Crippen LogP contribution >= 0.6 is 11.8 Å². The standard InChI is InChI=1S/C23H23NO7S/c1-3-29-21(25)15-31-19-13-16(9-10-18(19)28-2)14-20-22(26)24(23(27)32-20)11-12-30-17-7-5-4-6-8-17/h4-10,13-14H,3,11-12,15H2,1-2H3/b20-14-. The van der Waals surface area contributed by atoms with Crippen molar-refractivity contribution >= 4 is 35.0 Å². The lowest BCUT2D eigenvalue weighted by Gasteiger charge is -2.13. The Bertz CT molecular complexity index is 1010. The Morgan fingerprint density at radius 3 is 2.56 bits per heavy atom. The Kier molecular flexibility index (Phi) is 8.15. The molecule has 0 aliphatic carbocycles. The monoisotopic (exact) mass is 457 g/mol. The number of nitrogens with zero attached hydrogens (tertiary/aromatic N) is 1. The molecule has 0 bridgehead atoms. The normalized spacial score (nSPS) is 14.6. The van der Waals surface area contributed by atoms with Gasteiger partial charge in [0.25, 0.3) is 11.1 Å². The Labute approximate surface area is 190 Å². The lowest BCUT2D eigenvalue weighted by Crippen LogP contribution is -2.32. The van der Waals surface area contributed by atoms with Crippen molar-refractivity contribution in [2.75, 3.05) is 33.5 Å². The van der Waals surface area contributed by atoms with Crippen LogP contribution < -0.4 is 14.2 Å². The van der Waals surface area contributed by atoms with Crippen LogP contribution in [0.15, 0.2) is 53.4 Å². The van der Waals surface area contributed by atoms with Crippen LogP contribution in [0.3, 0.4) is 0 Å². The van der Waals surface area contributed by atoms with Gasteiger partial charge in [0.05, 0.1) is 25.2 Å². The molecule has 0 unspecified atom stereocenters. The van der Waals surface area contributed by atoms with Gasteiger partial charge in [-0.25, -0.2) is 4.79 Å². The van der Waals surface area contributed by atoms with Crippen LogP contribution in [0.5, 0.6) is 17.2 Å². The average molecular weight is 458 g/mol. The molecule has 0 spiro atoms. The van der Waals surface area contributed by atoms with Crippen LogP contribution in [0.25, 0.3) is 6.08 Å². The molecule has 1 aliphatic rings. The van der Waals surface area contributed by atoms with Gasteiger partial charge in [0.15, 0.2) is 18.1 Å². The molecule has 8 nitrogen and oxygen atoms in total. The third-order valence-corrected chi connectivity index (χ3v) is 5.24. The van der Waals surface area contributed by atoms with Crippen molar-refractivity contribution < 1.29 is 33.3 Å². The predicted octanol–water partition coefficient (Wildman–Crippen LogP) is 3.75. The first kappa shape index (κ1) is 23.2. The molecule has 1 saturated heterocycles. The molecular weight excluding hydrogens is 434 g/mol. The molecule has 2 amide bonds. The van der Waals surface area contributed by atoms with E-state index in [1.54, 1.807) is 43.3 Å². The lowest BCUT2D eigenvalue weighted by molar-refractivity contribution is -0.145. The first-order valence-corrected chi connectivity index (χ1v) is 10.7. The van der Waals surface area contributed by atoms with E-state index < -0.39 is 5.97 Å². The summed E-state index contributed by atoms with van der Waals surface area (Å²) in [7, 11) is 1.48. The Morgan fingerprint density at radius 2 is 1.84 bits per heavy atom. The molecule has 2 aromatic rings. The third kappa shape index (κ3) is 6.04. The number of carbonyl (C=O) groups excluding carboxylic acids is 3. The van der Waals surface area contributed by atoms with E-state index in [1.165, 1.54) is 7.11 Å². The molecule has 1 aliphatic heterocycles. The number of amides is 2. The minimum atomic E-state index is -0.501. The molecule has 32 heavy (non-hydrogen) atoms. The summed E-state index contributed by atoms with van der Waals surface area (Å²) < 4.78 is 21.2. The summed E-state index contributed by atoms with van der Waals surface area (Å²) >= 11 is 0.860. The number of para-hydroxylation sites is 1. The molecule has 0 radical (unpaired) electrons. The van der Waals surface area contributed by atoms with Crippen LogP contribution in [0, 0.1) is 0 Å². The second kappa shape index (κ2) is 11.2. The number of hydrogen-bond donors (Lipinski definition) is 0. The van der Waals surface area contributed by atoms with Crippen molar-refractivity contribution in [3.63, 3.8) is 0 Å². The largest absolute Gasteiger partial charge is 0.493 e. The van der Waals surface area contributed by atoms with E-state index >= 15 is 0 Å². The molecule has 0 atom stereocenters. The minimum Gasteiger partial charge on any atom is -0.493 e. The molecular formula is C23H23NO7S. The summed E-state index contributed by atoms with van der Waals surface area (Å²) in [6.45, 7) is 2.04. The van der Waals surface area contributed by atoms with Crippen LogP contribution in [-0.4, -0.2) is 55.5 Å². The van der Waals surface area contributed by atoms with E-state index in [0.29, 0.717) is 22.8 Å². The van der Waals surface area contributed by atoms with Gasteiger partial charge in [-0.05, 0) is 54.6 Å². The van der Waals surface area contributed by atoms with Gasteiger partial charge in [-0.3, -0.25) is 14.5 Å². The number of hydrogen-bond acceptors (Lipinski definition) is 8. The zero-order valence-corrected chi connectivity index (χ0v) is 18.6. The number of imide groups is 1.